The zero-order chi connectivity index (χ0) is 14.7. The van der Waals surface area contributed by atoms with E-state index in [1.165, 1.54) is 14.7 Å². The predicted octanol–water partition coefficient (Wildman–Crippen LogP) is 4.29. The van der Waals surface area contributed by atoms with Gasteiger partial charge >= 0.3 is 125 Å². The quantitative estimate of drug-likeness (QED) is 0.586. The van der Waals surface area contributed by atoms with Crippen molar-refractivity contribution in [3.8, 4) is 0 Å². The molecule has 1 nitrogen and oxygen atoms in total. The normalized spacial score (nSPS) is 12.2. The summed E-state index contributed by atoms with van der Waals surface area (Å²) in [6, 6.07) is 10.7. The molecule has 0 spiro atoms. The molecule has 0 unspecified atom stereocenters. The van der Waals surface area contributed by atoms with Crippen LogP contribution in [0.2, 0.25) is 18.1 Å². The number of hydrogen-bond donors (Lipinski definition) is 0. The van der Waals surface area contributed by atoms with Crippen LogP contribution in [0.3, 0.4) is 0 Å². The second kappa shape index (κ2) is 6.30. The Labute approximate surface area is 125 Å². The Kier molecular flexibility index (Phi) is 5.49. The van der Waals surface area contributed by atoms with E-state index in [4.69, 9.17) is 4.43 Å². The number of allylic oxidation sites excluding steroid dienone is 1. The number of benzene rings is 1. The third-order valence-corrected chi connectivity index (χ3v) is 10.7. The van der Waals surface area contributed by atoms with Crippen molar-refractivity contribution in [1.82, 2.24) is 0 Å². The zero-order valence-corrected chi connectivity index (χ0v) is 15.9. The Bertz CT molecular complexity index is 440. The molecule has 0 fully saturated rings. The van der Waals surface area contributed by atoms with Crippen LogP contribution in [0.25, 0.3) is 0 Å². The van der Waals surface area contributed by atoms with Crippen LogP contribution in [0.1, 0.15) is 34.6 Å². The molecule has 0 bridgehead atoms. The molecule has 0 aromatic heterocycles. The molecule has 0 saturated carbocycles. The molecule has 0 radical (unpaired) electrons. The second-order valence-corrected chi connectivity index (χ2v) is 13.5. The van der Waals surface area contributed by atoms with Crippen molar-refractivity contribution < 1.29 is 4.43 Å². The molecule has 19 heavy (non-hydrogen) atoms. The van der Waals surface area contributed by atoms with Crippen LogP contribution in [0.15, 0.2) is 40.6 Å². The van der Waals surface area contributed by atoms with Gasteiger partial charge in [0.25, 0.3) is 0 Å². The average Bonchev–Trinajstić information content (AvgIpc) is 2.27. The van der Waals surface area contributed by atoms with Gasteiger partial charge in [-0.1, -0.05) is 0 Å². The van der Waals surface area contributed by atoms with E-state index in [0.29, 0.717) is 0 Å². The van der Waals surface area contributed by atoms with Crippen molar-refractivity contribution in [1.29, 1.82) is 0 Å². The van der Waals surface area contributed by atoms with Gasteiger partial charge < -0.3 is 0 Å². The number of rotatable bonds is 4. The van der Waals surface area contributed by atoms with Crippen molar-refractivity contribution in [2.45, 2.75) is 52.8 Å². The van der Waals surface area contributed by atoms with Crippen molar-refractivity contribution in [3.05, 3.63) is 40.6 Å². The summed E-state index contributed by atoms with van der Waals surface area (Å²) in [4.78, 5) is 0. The summed E-state index contributed by atoms with van der Waals surface area (Å²) in [5.74, 6) is 0. The summed E-state index contributed by atoms with van der Waals surface area (Å²) in [6.45, 7) is 15.8. The summed E-state index contributed by atoms with van der Waals surface area (Å²) in [5.41, 5.74) is 1.31. The first-order chi connectivity index (χ1) is 8.63. The van der Waals surface area contributed by atoms with Crippen LogP contribution in [-0.2, 0) is 4.43 Å². The molecule has 106 valence electrons. The molecule has 0 aliphatic rings. The van der Waals surface area contributed by atoms with Gasteiger partial charge in [-0.05, 0) is 0 Å². The van der Waals surface area contributed by atoms with E-state index in [-0.39, 0.29) is 20.0 Å². The summed E-state index contributed by atoms with van der Waals surface area (Å²) in [5, 5.41) is 0.250. The first-order valence-corrected chi connectivity index (χ1v) is 11.3. The molecule has 0 heterocycles. The van der Waals surface area contributed by atoms with Crippen LogP contribution in [0, 0.1) is 0 Å². The minimum atomic E-state index is -1.73. The molecular formula is C16H26OSeSi. The standard InChI is InChI=1S/C16H26OSeSi/c1-13(2)15(17-19(6,7)16(3,4)5)18-14-11-9-8-10-12-14/h8-12H,1-7H3. The van der Waals surface area contributed by atoms with E-state index in [1.807, 2.05) is 0 Å². The van der Waals surface area contributed by atoms with E-state index >= 15 is 0 Å². The van der Waals surface area contributed by atoms with Crippen LogP contribution in [0.5, 0.6) is 0 Å². The fourth-order valence-corrected chi connectivity index (χ4v) is 5.29. The van der Waals surface area contributed by atoms with Crippen LogP contribution in [0.4, 0.5) is 0 Å². The van der Waals surface area contributed by atoms with Gasteiger partial charge in [0.2, 0.25) is 0 Å². The Morgan fingerprint density at radius 2 is 1.58 bits per heavy atom. The molecule has 0 saturated heterocycles. The van der Waals surface area contributed by atoms with Gasteiger partial charge in [-0.2, -0.15) is 0 Å². The van der Waals surface area contributed by atoms with Crippen LogP contribution >= 0.6 is 0 Å². The number of hydrogen-bond acceptors (Lipinski definition) is 1. The SMILES string of the molecule is CC(C)=C(O[Si](C)(C)C(C)(C)C)[Se]c1ccccc1. The Morgan fingerprint density at radius 1 is 1.05 bits per heavy atom. The van der Waals surface area contributed by atoms with Gasteiger partial charge in [-0.25, -0.2) is 0 Å². The summed E-state index contributed by atoms with van der Waals surface area (Å²) in [6.07, 6.45) is 0. The fourth-order valence-electron chi connectivity index (χ4n) is 1.21. The topological polar surface area (TPSA) is 9.23 Å². The molecule has 0 N–H and O–H groups in total. The van der Waals surface area contributed by atoms with Gasteiger partial charge in [0.15, 0.2) is 0 Å². The van der Waals surface area contributed by atoms with Crippen molar-refractivity contribution in [3.63, 3.8) is 0 Å². The zero-order valence-electron chi connectivity index (χ0n) is 13.2. The molecule has 0 aliphatic heterocycles. The Morgan fingerprint density at radius 3 is 2.00 bits per heavy atom. The third kappa shape index (κ3) is 4.83. The van der Waals surface area contributed by atoms with E-state index in [2.05, 4.69) is 78.0 Å². The summed E-state index contributed by atoms with van der Waals surface area (Å²) in [7, 11) is -1.73. The third-order valence-electron chi connectivity index (χ3n) is 3.52. The Hall–Kier alpha value is -0.504. The van der Waals surface area contributed by atoms with E-state index in [1.54, 1.807) is 0 Å². The average molecular weight is 341 g/mol. The maximum absolute atomic E-state index is 6.51. The van der Waals surface area contributed by atoms with Crippen molar-refractivity contribution in [2.75, 3.05) is 0 Å². The first kappa shape index (κ1) is 16.6. The minimum absolute atomic E-state index is 0.250. The summed E-state index contributed by atoms with van der Waals surface area (Å²) >= 11 is 0.273. The molecule has 1 rings (SSSR count). The molecule has 1 aromatic carbocycles. The molecule has 0 atom stereocenters. The molecule has 1 aromatic rings. The molecule has 3 heteroatoms. The monoisotopic (exact) mass is 342 g/mol. The first-order valence-electron chi connectivity index (χ1n) is 6.73. The van der Waals surface area contributed by atoms with Crippen molar-refractivity contribution in [2.24, 2.45) is 0 Å². The van der Waals surface area contributed by atoms with E-state index < -0.39 is 8.32 Å². The van der Waals surface area contributed by atoms with Gasteiger partial charge in [0.1, 0.15) is 0 Å². The van der Waals surface area contributed by atoms with E-state index in [9.17, 15) is 0 Å². The second-order valence-electron chi connectivity index (χ2n) is 6.56. The van der Waals surface area contributed by atoms with Crippen molar-refractivity contribution >= 4 is 27.7 Å². The van der Waals surface area contributed by atoms with E-state index in [0.717, 1.165) is 0 Å². The molecular weight excluding hydrogens is 315 g/mol. The molecule has 0 aliphatic carbocycles. The molecule has 0 amide bonds. The maximum atomic E-state index is 6.51. The van der Waals surface area contributed by atoms with Gasteiger partial charge in [0.05, 0.1) is 0 Å². The van der Waals surface area contributed by atoms with Gasteiger partial charge in [0, 0.05) is 0 Å². The summed E-state index contributed by atoms with van der Waals surface area (Å²) < 4.78 is 9.11. The predicted molar refractivity (Wildman–Crippen MR) is 88.5 cm³/mol. The van der Waals surface area contributed by atoms with Gasteiger partial charge in [-0.15, -0.1) is 0 Å². The Balaban J connectivity index is 2.91. The van der Waals surface area contributed by atoms with Gasteiger partial charge in [-0.3, -0.25) is 0 Å². The van der Waals surface area contributed by atoms with Crippen LogP contribution in [-0.4, -0.2) is 23.3 Å². The fraction of sp³-hybridized carbons (Fsp3) is 0.500. The van der Waals surface area contributed by atoms with Crippen LogP contribution < -0.4 is 4.46 Å².